The van der Waals surface area contributed by atoms with Gasteiger partial charge in [0.15, 0.2) is 13.2 Å². The molecule has 10 nitrogen and oxygen atoms in total. The Morgan fingerprint density at radius 3 is 1.46 bits per heavy atom. The van der Waals surface area contributed by atoms with Gasteiger partial charge in [-0.1, -0.05) is 72.9 Å². The van der Waals surface area contributed by atoms with E-state index in [1.807, 2.05) is 24.3 Å². The molecule has 61 heavy (non-hydrogen) atoms. The fourth-order valence-electron chi connectivity index (χ4n) is 7.20. The van der Waals surface area contributed by atoms with Gasteiger partial charge in [-0.2, -0.15) is 17.6 Å². The maximum absolute atomic E-state index is 14.2. The summed E-state index contributed by atoms with van der Waals surface area (Å²) in [6.45, 7) is 1.99. The van der Waals surface area contributed by atoms with Crippen LogP contribution in [0.25, 0.3) is 0 Å². The molecule has 0 saturated heterocycles. The van der Waals surface area contributed by atoms with Crippen LogP contribution in [-0.2, 0) is 14.3 Å². The van der Waals surface area contributed by atoms with E-state index < -0.39 is 67.3 Å². The molecule has 0 aliphatic heterocycles. The Bertz CT molecular complexity index is 1680. The average molecular weight is 863 g/mol. The Morgan fingerprint density at radius 1 is 0.656 bits per heavy atom. The highest BCUT2D eigenvalue weighted by Gasteiger charge is 2.41. The summed E-state index contributed by atoms with van der Waals surface area (Å²) in [4.78, 5) is 22.0. The first-order chi connectivity index (χ1) is 29.0. The molecule has 5 N–H and O–H groups in total. The molecule has 0 heterocycles. The Labute approximate surface area is 356 Å². The number of aliphatic hydroxyl groups is 4. The number of unbranched alkanes of at least 4 members (excludes halogenated alkanes) is 2. The number of benzene rings is 2. The van der Waals surface area contributed by atoms with Gasteiger partial charge in [0, 0.05) is 37.5 Å². The summed E-state index contributed by atoms with van der Waals surface area (Å²) >= 11 is 0. The minimum Gasteiger partial charge on any atom is -0.487 e. The molecule has 2 aliphatic rings. The first-order valence-electron chi connectivity index (χ1n) is 20.9. The molecule has 0 amide bonds. The molecule has 0 bridgehead atoms. The van der Waals surface area contributed by atoms with Crippen LogP contribution in [0.15, 0.2) is 109 Å². The first kappa shape index (κ1) is 50.9. The van der Waals surface area contributed by atoms with E-state index in [9.17, 15) is 47.6 Å². The van der Waals surface area contributed by atoms with E-state index in [1.54, 1.807) is 74.5 Å². The number of alkyl halides is 4. The van der Waals surface area contributed by atoms with Crippen LogP contribution in [0.3, 0.4) is 0 Å². The molecule has 338 valence electrons. The van der Waals surface area contributed by atoms with E-state index in [0.717, 1.165) is 12.2 Å². The van der Waals surface area contributed by atoms with Gasteiger partial charge in [-0.25, -0.2) is 0 Å². The highest BCUT2D eigenvalue weighted by molar-refractivity contribution is 5.69. The quantitative estimate of drug-likeness (QED) is 0.0317. The zero-order valence-corrected chi connectivity index (χ0v) is 34.9. The Kier molecular flexibility index (Phi) is 21.7. The predicted octanol–water partition coefficient (Wildman–Crippen LogP) is 8.50. The number of halogens is 4. The number of esters is 1. The van der Waals surface area contributed by atoms with Gasteiger partial charge in [0.2, 0.25) is 0 Å². The smallest absolute Gasteiger partial charge is 0.306 e. The van der Waals surface area contributed by atoms with Crippen LogP contribution in [0.5, 0.6) is 11.5 Å². The lowest BCUT2D eigenvalue weighted by molar-refractivity contribution is -0.147. The number of hydrogen-bond donors (Lipinski definition) is 5. The molecule has 4 rings (SSSR count). The van der Waals surface area contributed by atoms with Crippen molar-refractivity contribution < 1.29 is 66.9 Å². The molecule has 0 unspecified atom stereocenters. The summed E-state index contributed by atoms with van der Waals surface area (Å²) in [5.41, 5.74) is 0. The van der Waals surface area contributed by atoms with Crippen LogP contribution in [-0.4, -0.2) is 93.0 Å². The number of ether oxygens (including phenoxy) is 3. The standard InChI is InChI=1S/C25H34F2O5.C22H28F2O5/c1-18(2)32-24(30)13-9-4-3-8-12-20-21(23(29)16-22(20)28)14-15-25(26,27)17-31-19-10-6-5-7-11-19;23-22(24,15-29-16-8-4-3-5-9-16)13-12-18-17(19(25)14-20(18)26)10-6-1-2-7-11-21(27)28/h3,5-8,10-11,14-15,18,20-23,28-29H,4,9,12-13,16-17H2,1-2H3;1,3-6,8-9,12-13,17-20,25-26H,2,7,10-11,14-15H2,(H,27,28)/b8-3-,15-14+;6-1-,13-12+/t20-,21-,22+,23-;17-,18-,19+,20-/m11/s1. The van der Waals surface area contributed by atoms with E-state index >= 15 is 0 Å². The molecule has 2 aromatic rings. The molecule has 2 aromatic carbocycles. The molecule has 0 aromatic heterocycles. The average Bonchev–Trinajstić information content (AvgIpc) is 3.64. The summed E-state index contributed by atoms with van der Waals surface area (Å²) < 4.78 is 72.1. The van der Waals surface area contributed by atoms with E-state index in [1.165, 1.54) is 12.2 Å². The van der Waals surface area contributed by atoms with Crippen LogP contribution < -0.4 is 9.47 Å². The number of allylic oxidation sites excluding steroid dienone is 4. The van der Waals surface area contributed by atoms with Crippen molar-refractivity contribution in [3.63, 3.8) is 0 Å². The monoisotopic (exact) mass is 862 g/mol. The molecule has 8 atom stereocenters. The first-order valence-corrected chi connectivity index (χ1v) is 20.9. The van der Waals surface area contributed by atoms with E-state index in [-0.39, 0.29) is 43.2 Å². The zero-order valence-electron chi connectivity index (χ0n) is 34.9. The third-order valence-corrected chi connectivity index (χ3v) is 10.3. The Balaban J connectivity index is 0.000000327. The topological polar surface area (TPSA) is 163 Å². The number of carbonyl (C=O) groups is 2. The van der Waals surface area contributed by atoms with Crippen LogP contribution in [0.2, 0.25) is 0 Å². The van der Waals surface area contributed by atoms with Crippen LogP contribution in [0, 0.1) is 23.7 Å². The molecule has 2 fully saturated rings. The number of hydrogen-bond acceptors (Lipinski definition) is 9. The van der Waals surface area contributed by atoms with Gasteiger partial charge >= 0.3 is 11.9 Å². The van der Waals surface area contributed by atoms with Crippen molar-refractivity contribution in [2.24, 2.45) is 23.7 Å². The van der Waals surface area contributed by atoms with Crippen molar-refractivity contribution >= 4 is 11.9 Å². The fraction of sp³-hybridized carbons (Fsp3) is 0.532. The second kappa shape index (κ2) is 26.1. The van der Waals surface area contributed by atoms with E-state index in [4.69, 9.17) is 19.3 Å². The number of rotatable bonds is 23. The largest absolute Gasteiger partial charge is 0.487 e. The summed E-state index contributed by atoms with van der Waals surface area (Å²) in [7, 11) is 0. The van der Waals surface area contributed by atoms with E-state index in [2.05, 4.69) is 0 Å². The maximum Gasteiger partial charge on any atom is 0.306 e. The zero-order chi connectivity index (χ0) is 44.8. The number of carboxylic acid groups (broad SMARTS) is 1. The fourth-order valence-corrected chi connectivity index (χ4v) is 7.20. The number of carboxylic acids is 1. The van der Waals surface area contributed by atoms with Gasteiger partial charge in [-0.05, 0) is 101 Å². The van der Waals surface area contributed by atoms with Crippen molar-refractivity contribution in [2.45, 2.75) is 120 Å². The van der Waals surface area contributed by atoms with Crippen molar-refractivity contribution in [1.82, 2.24) is 0 Å². The minimum absolute atomic E-state index is 0.0839. The van der Waals surface area contributed by atoms with Crippen molar-refractivity contribution in [3.05, 3.63) is 109 Å². The second-order valence-electron chi connectivity index (χ2n) is 15.8. The highest BCUT2D eigenvalue weighted by Crippen LogP contribution is 2.38. The molecular weight excluding hydrogens is 800 g/mol. The van der Waals surface area contributed by atoms with Crippen molar-refractivity contribution in [2.75, 3.05) is 13.2 Å². The summed E-state index contributed by atoms with van der Waals surface area (Å²) in [6.07, 6.45) is 12.1. The van der Waals surface area contributed by atoms with Crippen molar-refractivity contribution in [1.29, 1.82) is 0 Å². The number of aliphatic hydroxyl groups excluding tert-OH is 4. The summed E-state index contributed by atoms with van der Waals surface area (Å²) in [5, 5.41) is 49.4. The third-order valence-electron chi connectivity index (χ3n) is 10.3. The number of carbonyl (C=O) groups excluding carboxylic acids is 1. The Morgan fingerprint density at radius 2 is 1.07 bits per heavy atom. The second-order valence-corrected chi connectivity index (χ2v) is 15.8. The number of aliphatic carboxylic acids is 1. The Hall–Kier alpha value is -4.50. The van der Waals surface area contributed by atoms with Crippen LogP contribution >= 0.6 is 0 Å². The molecule has 14 heteroatoms. The molecule has 0 radical (unpaired) electrons. The summed E-state index contributed by atoms with van der Waals surface area (Å²) in [5.74, 6) is -8.67. The molecule has 0 spiro atoms. The lowest BCUT2D eigenvalue weighted by Gasteiger charge is -2.20. The lowest BCUT2D eigenvalue weighted by atomic mass is 9.89. The van der Waals surface area contributed by atoms with Gasteiger partial charge in [0.25, 0.3) is 11.8 Å². The van der Waals surface area contributed by atoms with E-state index in [0.29, 0.717) is 56.4 Å². The SMILES string of the molecule is CC(C)OC(=O)CCC/C=C\C[C@@H]1[C@@H](/C=C/C(F)(F)COc2ccccc2)[C@H](O)C[C@@H]1O.O=C(O)CCC/C=C\C[C@@H]1[C@@H](/C=C/C(F)(F)COc2ccccc2)[C@H](O)C[C@@H]1O. The van der Waals surface area contributed by atoms with Crippen LogP contribution in [0.1, 0.15) is 78.1 Å². The molecular formula is C47H62F4O10. The molecule has 2 aliphatic carbocycles. The third kappa shape index (κ3) is 19.8. The number of para-hydroxylation sites is 2. The minimum atomic E-state index is -3.21. The van der Waals surface area contributed by atoms with Gasteiger partial charge in [0.05, 0.1) is 30.5 Å². The van der Waals surface area contributed by atoms with Gasteiger partial charge in [0.1, 0.15) is 11.5 Å². The normalized spacial score (nSPS) is 24.5. The van der Waals surface area contributed by atoms with Gasteiger partial charge in [-0.3, -0.25) is 9.59 Å². The van der Waals surface area contributed by atoms with Gasteiger partial charge < -0.3 is 39.7 Å². The van der Waals surface area contributed by atoms with Crippen molar-refractivity contribution in [3.8, 4) is 11.5 Å². The predicted molar refractivity (Wildman–Crippen MR) is 223 cm³/mol. The van der Waals surface area contributed by atoms with Gasteiger partial charge in [-0.15, -0.1) is 0 Å². The molecule has 2 saturated carbocycles. The van der Waals surface area contributed by atoms with Crippen LogP contribution in [0.4, 0.5) is 17.6 Å². The lowest BCUT2D eigenvalue weighted by Crippen LogP contribution is -2.25. The highest BCUT2D eigenvalue weighted by atomic mass is 19.3. The maximum atomic E-state index is 14.2. The summed E-state index contributed by atoms with van der Waals surface area (Å²) in [6, 6.07) is 16.7.